The molecule has 0 aromatic carbocycles. The number of amides is 1. The highest BCUT2D eigenvalue weighted by molar-refractivity contribution is 5.77. The first kappa shape index (κ1) is 60.0. The van der Waals surface area contributed by atoms with Gasteiger partial charge in [-0.05, 0) is 77.0 Å². The van der Waals surface area contributed by atoms with Crippen LogP contribution in [0.5, 0.6) is 0 Å². The third kappa shape index (κ3) is 45.4. The highest BCUT2D eigenvalue weighted by Gasteiger charge is 2.23. The predicted octanol–water partition coefficient (Wildman–Crippen LogP) is 16.0. The van der Waals surface area contributed by atoms with Gasteiger partial charge in [0.2, 0.25) is 5.91 Å². The average molecular weight is 878 g/mol. The van der Waals surface area contributed by atoms with Crippen molar-refractivity contribution in [2.45, 2.75) is 257 Å². The fourth-order valence-electron chi connectivity index (χ4n) is 7.48. The van der Waals surface area contributed by atoms with Crippen LogP contribution in [0.2, 0.25) is 0 Å². The Hall–Kier alpha value is -2.96. The summed E-state index contributed by atoms with van der Waals surface area (Å²) in [6.07, 6.45) is 65.1. The van der Waals surface area contributed by atoms with Crippen LogP contribution in [-0.4, -0.2) is 46.9 Å². The maximum Gasteiger partial charge on any atom is 0.306 e. The molecule has 6 heteroatoms. The molecule has 0 saturated carbocycles. The SMILES string of the molecule is CC/C=C\C/C=C\C/C=C\C/C=C\C/C=C\CC(CC(=O)NC(CO)C(O)CCCCCCCCCCCCCC)OC(=O)CCCCCCCCC/C=C\C/C=C\CCCCC. The van der Waals surface area contributed by atoms with Gasteiger partial charge in [0.15, 0.2) is 0 Å². The Morgan fingerprint density at radius 2 is 0.889 bits per heavy atom. The van der Waals surface area contributed by atoms with Crippen LogP contribution >= 0.6 is 0 Å². The second-order valence-corrected chi connectivity index (χ2v) is 17.5. The number of aliphatic hydroxyl groups excluding tert-OH is 2. The molecule has 0 aromatic rings. The molecular formula is C57H99NO5. The third-order valence-electron chi connectivity index (χ3n) is 11.5. The summed E-state index contributed by atoms with van der Waals surface area (Å²) in [5, 5.41) is 23.7. The van der Waals surface area contributed by atoms with Crippen LogP contribution in [0, 0.1) is 0 Å². The number of allylic oxidation sites excluding steroid dienone is 13. The summed E-state index contributed by atoms with van der Waals surface area (Å²) >= 11 is 0. The Labute approximate surface area is 389 Å². The largest absolute Gasteiger partial charge is 0.461 e. The zero-order valence-electron chi connectivity index (χ0n) is 41.2. The molecule has 0 aliphatic rings. The molecule has 0 fully saturated rings. The maximum absolute atomic E-state index is 13.2. The highest BCUT2D eigenvalue weighted by atomic mass is 16.5. The number of unbranched alkanes of at least 4 members (excludes halogenated alkanes) is 21. The number of aliphatic hydroxyl groups is 2. The van der Waals surface area contributed by atoms with Crippen molar-refractivity contribution in [3.8, 4) is 0 Å². The summed E-state index contributed by atoms with van der Waals surface area (Å²) in [5.41, 5.74) is 0. The van der Waals surface area contributed by atoms with E-state index in [-0.39, 0.29) is 24.9 Å². The number of ether oxygens (including phenoxy) is 1. The van der Waals surface area contributed by atoms with Gasteiger partial charge >= 0.3 is 5.97 Å². The van der Waals surface area contributed by atoms with Crippen LogP contribution in [-0.2, 0) is 14.3 Å². The molecule has 362 valence electrons. The lowest BCUT2D eigenvalue weighted by molar-refractivity contribution is -0.150. The zero-order chi connectivity index (χ0) is 45.9. The molecule has 0 rings (SSSR count). The topological polar surface area (TPSA) is 95.9 Å². The molecule has 0 heterocycles. The van der Waals surface area contributed by atoms with Crippen LogP contribution in [0.4, 0.5) is 0 Å². The molecule has 0 spiro atoms. The van der Waals surface area contributed by atoms with Crippen molar-refractivity contribution in [1.29, 1.82) is 0 Å². The highest BCUT2D eigenvalue weighted by Crippen LogP contribution is 2.16. The quantitative estimate of drug-likeness (QED) is 0.0322. The van der Waals surface area contributed by atoms with Crippen molar-refractivity contribution >= 4 is 11.9 Å². The van der Waals surface area contributed by atoms with Crippen molar-refractivity contribution < 1.29 is 24.5 Å². The van der Waals surface area contributed by atoms with Gasteiger partial charge < -0.3 is 20.3 Å². The van der Waals surface area contributed by atoms with Crippen LogP contribution in [0.1, 0.15) is 239 Å². The minimum atomic E-state index is -0.816. The second kappa shape index (κ2) is 50.0. The number of rotatable bonds is 46. The van der Waals surface area contributed by atoms with E-state index in [1.165, 1.54) is 109 Å². The molecule has 3 N–H and O–H groups in total. The Morgan fingerprint density at radius 3 is 1.38 bits per heavy atom. The van der Waals surface area contributed by atoms with Gasteiger partial charge in [-0.3, -0.25) is 9.59 Å². The lowest BCUT2D eigenvalue weighted by Crippen LogP contribution is -2.46. The second-order valence-electron chi connectivity index (χ2n) is 17.5. The van der Waals surface area contributed by atoms with Gasteiger partial charge in [-0.15, -0.1) is 0 Å². The van der Waals surface area contributed by atoms with Gasteiger partial charge in [0, 0.05) is 12.8 Å². The fourth-order valence-corrected chi connectivity index (χ4v) is 7.48. The van der Waals surface area contributed by atoms with Crippen LogP contribution in [0.15, 0.2) is 85.1 Å². The Kier molecular flexibility index (Phi) is 47.7. The molecule has 0 saturated heterocycles. The molecular weight excluding hydrogens is 779 g/mol. The number of hydrogen-bond donors (Lipinski definition) is 3. The first-order valence-corrected chi connectivity index (χ1v) is 26.3. The van der Waals surface area contributed by atoms with E-state index in [0.717, 1.165) is 83.5 Å². The van der Waals surface area contributed by atoms with Crippen LogP contribution < -0.4 is 5.32 Å². The van der Waals surface area contributed by atoms with E-state index >= 15 is 0 Å². The van der Waals surface area contributed by atoms with Crippen molar-refractivity contribution in [3.05, 3.63) is 85.1 Å². The van der Waals surface area contributed by atoms with Crippen molar-refractivity contribution in [2.75, 3.05) is 6.61 Å². The Bertz CT molecular complexity index is 1210. The normalized spacial score (nSPS) is 13.9. The van der Waals surface area contributed by atoms with Crippen molar-refractivity contribution in [3.63, 3.8) is 0 Å². The lowest BCUT2D eigenvalue weighted by Gasteiger charge is -2.24. The van der Waals surface area contributed by atoms with E-state index < -0.39 is 18.2 Å². The molecule has 6 nitrogen and oxygen atoms in total. The predicted molar refractivity (Wildman–Crippen MR) is 273 cm³/mol. The van der Waals surface area contributed by atoms with E-state index in [1.54, 1.807) is 0 Å². The standard InChI is InChI=1S/C57H99NO5/c1-4-7-10-13-16-19-22-25-27-28-30-32-35-38-41-44-47-50-57(62)63-53(48-45-42-39-36-33-31-29-26-23-20-17-14-11-8-5-2)51-56(61)58-54(52-59)55(60)49-46-43-40-37-34-24-21-18-15-12-9-6-3/h8,11,16-17,19-20,25-27,29,33,36,42,45,53-55,59-60H,4-7,9-10,12-15,18,21-24,28,30-32,34-35,37-41,43-44,46-52H2,1-3H3,(H,58,61)/b11-8-,19-16-,20-17-,27-25-,29-26-,36-33-,45-42-. The molecule has 0 radical (unpaired) electrons. The van der Waals surface area contributed by atoms with Gasteiger partial charge in [-0.25, -0.2) is 0 Å². The zero-order valence-corrected chi connectivity index (χ0v) is 41.2. The number of nitrogens with one attached hydrogen (secondary N) is 1. The Balaban J connectivity index is 4.73. The van der Waals surface area contributed by atoms with E-state index in [2.05, 4.69) is 99.0 Å². The molecule has 0 bridgehead atoms. The third-order valence-corrected chi connectivity index (χ3v) is 11.5. The number of esters is 1. The smallest absolute Gasteiger partial charge is 0.306 e. The van der Waals surface area contributed by atoms with Gasteiger partial charge in [-0.1, -0.05) is 228 Å². The minimum absolute atomic E-state index is 0.00713. The number of carbonyl (C=O) groups excluding carboxylic acids is 2. The van der Waals surface area contributed by atoms with Gasteiger partial charge in [0.1, 0.15) is 6.10 Å². The molecule has 0 aliphatic heterocycles. The van der Waals surface area contributed by atoms with E-state index in [9.17, 15) is 19.8 Å². The summed E-state index contributed by atoms with van der Waals surface area (Å²) in [5.74, 6) is -0.591. The summed E-state index contributed by atoms with van der Waals surface area (Å²) < 4.78 is 5.87. The molecule has 1 amide bonds. The van der Waals surface area contributed by atoms with E-state index in [1.807, 2.05) is 12.2 Å². The maximum atomic E-state index is 13.2. The summed E-state index contributed by atoms with van der Waals surface area (Å²) in [4.78, 5) is 26.1. The van der Waals surface area contributed by atoms with Crippen LogP contribution in [0.3, 0.4) is 0 Å². The monoisotopic (exact) mass is 878 g/mol. The summed E-state index contributed by atoms with van der Waals surface area (Å²) in [6, 6.07) is -0.737. The first-order valence-electron chi connectivity index (χ1n) is 26.3. The van der Waals surface area contributed by atoms with Crippen LogP contribution in [0.25, 0.3) is 0 Å². The molecule has 3 atom stereocenters. The molecule has 0 aromatic heterocycles. The van der Waals surface area contributed by atoms with Gasteiger partial charge in [0.05, 0.1) is 25.2 Å². The lowest BCUT2D eigenvalue weighted by atomic mass is 10.0. The fraction of sp³-hybridized carbons (Fsp3) is 0.719. The minimum Gasteiger partial charge on any atom is -0.461 e. The van der Waals surface area contributed by atoms with Crippen molar-refractivity contribution in [2.24, 2.45) is 0 Å². The van der Waals surface area contributed by atoms with E-state index in [4.69, 9.17) is 4.74 Å². The van der Waals surface area contributed by atoms with E-state index in [0.29, 0.717) is 19.3 Å². The Morgan fingerprint density at radius 1 is 0.492 bits per heavy atom. The summed E-state index contributed by atoms with van der Waals surface area (Å²) in [6.45, 7) is 6.31. The molecule has 0 aliphatic carbocycles. The number of carbonyl (C=O) groups is 2. The van der Waals surface area contributed by atoms with Gasteiger partial charge in [-0.2, -0.15) is 0 Å². The molecule has 3 unspecified atom stereocenters. The first-order chi connectivity index (χ1) is 31.0. The average Bonchev–Trinajstić information content (AvgIpc) is 3.28. The van der Waals surface area contributed by atoms with Gasteiger partial charge in [0.25, 0.3) is 0 Å². The summed E-state index contributed by atoms with van der Waals surface area (Å²) in [7, 11) is 0. The molecule has 63 heavy (non-hydrogen) atoms. The van der Waals surface area contributed by atoms with Crippen molar-refractivity contribution in [1.82, 2.24) is 5.32 Å². The number of hydrogen-bond acceptors (Lipinski definition) is 5.